The maximum absolute atomic E-state index is 11.2. The number of rotatable bonds is 6. The van der Waals surface area contributed by atoms with Crippen LogP contribution in [-0.4, -0.2) is 36.4 Å². The molecule has 0 spiro atoms. The molecule has 0 radical (unpaired) electrons. The molecule has 2 aliphatic rings. The van der Waals surface area contributed by atoms with E-state index in [1.165, 1.54) is 11.1 Å². The van der Waals surface area contributed by atoms with E-state index in [9.17, 15) is 9.90 Å². The number of aliphatic hydroxyl groups excluding tert-OH is 1. The number of ether oxygens (including phenoxy) is 1. The van der Waals surface area contributed by atoms with E-state index in [1.807, 2.05) is 31.2 Å². The molecule has 1 fully saturated rings. The second-order valence-corrected chi connectivity index (χ2v) is 6.84. The van der Waals surface area contributed by atoms with Crippen LogP contribution in [0.4, 0.5) is 0 Å². The smallest absolute Gasteiger partial charge is 0.247 e. The highest BCUT2D eigenvalue weighted by Gasteiger charge is 2.19. The average molecular weight is 399 g/mol. The van der Waals surface area contributed by atoms with Gasteiger partial charge in [-0.1, -0.05) is 24.3 Å². The van der Waals surface area contributed by atoms with Crippen LogP contribution in [0.2, 0.25) is 0 Å². The molecule has 1 aliphatic carbocycles. The van der Waals surface area contributed by atoms with Crippen LogP contribution >= 0.6 is 0 Å². The minimum absolute atomic E-state index is 0.0664. The predicted octanol–water partition coefficient (Wildman–Crippen LogP) is 2.21. The fourth-order valence-corrected chi connectivity index (χ4v) is 3.48. The zero-order chi connectivity index (χ0) is 21.1. The fraction of sp³-hybridized carbons (Fsp3) is 0.364. The summed E-state index contributed by atoms with van der Waals surface area (Å²) in [6, 6.07) is 3.49. The Bertz CT molecular complexity index is 795. The number of carbonyl (C=O) groups excluding carboxylic acids is 1. The van der Waals surface area contributed by atoms with Gasteiger partial charge in [0.05, 0.1) is 0 Å². The van der Waals surface area contributed by atoms with Crippen molar-refractivity contribution in [2.24, 2.45) is 0 Å². The minimum atomic E-state index is -0.727. The molecule has 1 aromatic heterocycles. The molecule has 7 heteroatoms. The van der Waals surface area contributed by atoms with Crippen LogP contribution in [0.1, 0.15) is 37.2 Å². The summed E-state index contributed by atoms with van der Waals surface area (Å²) in [5.74, 6) is 1.22. The topological polar surface area (TPSA) is 103 Å². The van der Waals surface area contributed by atoms with E-state index in [1.54, 1.807) is 18.3 Å². The first-order chi connectivity index (χ1) is 14.2. The van der Waals surface area contributed by atoms with Crippen molar-refractivity contribution < 1.29 is 14.6 Å². The summed E-state index contributed by atoms with van der Waals surface area (Å²) in [5.41, 5.74) is 3.37. The first kappa shape index (κ1) is 22.4. The molecule has 0 aromatic carbocycles. The van der Waals surface area contributed by atoms with E-state index < -0.39 is 6.23 Å². The molecule has 1 saturated carbocycles. The average Bonchev–Trinajstić information content (AvgIpc) is 2.77. The van der Waals surface area contributed by atoms with Crippen LogP contribution in [-0.2, 0) is 9.53 Å². The minimum Gasteiger partial charge on any atom is -0.478 e. The second kappa shape index (κ2) is 11.8. The van der Waals surface area contributed by atoms with E-state index in [-0.39, 0.29) is 5.56 Å². The van der Waals surface area contributed by atoms with Gasteiger partial charge in [-0.2, -0.15) is 0 Å². The summed E-state index contributed by atoms with van der Waals surface area (Å²) in [4.78, 5) is 21.9. The van der Waals surface area contributed by atoms with Crippen molar-refractivity contribution in [1.29, 1.82) is 0 Å². The van der Waals surface area contributed by atoms with Crippen LogP contribution in [0.5, 0.6) is 0 Å². The van der Waals surface area contributed by atoms with Crippen LogP contribution in [0.25, 0.3) is 0 Å². The van der Waals surface area contributed by atoms with Gasteiger partial charge in [-0.25, -0.2) is 0 Å². The van der Waals surface area contributed by atoms with Crippen LogP contribution in [0.15, 0.2) is 71.0 Å². The highest BCUT2D eigenvalue weighted by Crippen LogP contribution is 2.34. The highest BCUT2D eigenvalue weighted by atomic mass is 16.5. The van der Waals surface area contributed by atoms with Crippen molar-refractivity contribution in [3.63, 3.8) is 0 Å². The fourth-order valence-electron chi connectivity index (χ4n) is 3.48. The van der Waals surface area contributed by atoms with Crippen LogP contribution in [0.3, 0.4) is 0 Å². The Morgan fingerprint density at radius 1 is 1.28 bits per heavy atom. The predicted molar refractivity (Wildman–Crippen MR) is 113 cm³/mol. The first-order valence-corrected chi connectivity index (χ1v) is 9.62. The third-order valence-electron chi connectivity index (χ3n) is 5.01. The zero-order valence-electron chi connectivity index (χ0n) is 16.5. The molecule has 1 aliphatic heterocycles. The van der Waals surface area contributed by atoms with Gasteiger partial charge in [-0.05, 0) is 49.3 Å². The van der Waals surface area contributed by atoms with Crippen LogP contribution in [0, 0.1) is 0 Å². The zero-order valence-corrected chi connectivity index (χ0v) is 16.5. The molecule has 4 N–H and O–H groups in total. The van der Waals surface area contributed by atoms with Crippen molar-refractivity contribution in [2.45, 2.75) is 37.8 Å². The molecular formula is C22H29N3O4. The van der Waals surface area contributed by atoms with Crippen molar-refractivity contribution in [3.05, 3.63) is 82.2 Å². The number of aromatic amines is 1. The molecule has 0 amide bonds. The summed E-state index contributed by atoms with van der Waals surface area (Å²) in [6.07, 6.45) is 12.2. The largest absolute Gasteiger partial charge is 0.478 e. The van der Waals surface area contributed by atoms with Gasteiger partial charge in [0.15, 0.2) is 0 Å². The Hall–Kier alpha value is -2.90. The van der Waals surface area contributed by atoms with Gasteiger partial charge < -0.3 is 24.9 Å². The SMILES string of the molecule is C=CC1=C(/C=C/NC(O)C=C2CCC(c3ccc(=O)[nH]c3)CC2)OCNC1.C=O. The van der Waals surface area contributed by atoms with Gasteiger partial charge in [-0.15, -0.1) is 0 Å². The van der Waals surface area contributed by atoms with Gasteiger partial charge in [0, 0.05) is 30.6 Å². The number of H-pyrrole nitrogens is 1. The van der Waals surface area contributed by atoms with Crippen molar-refractivity contribution in [2.75, 3.05) is 13.3 Å². The molecule has 1 unspecified atom stereocenters. The summed E-state index contributed by atoms with van der Waals surface area (Å²) >= 11 is 0. The molecule has 2 heterocycles. The Kier molecular flexibility index (Phi) is 9.14. The number of hydrogen-bond donors (Lipinski definition) is 4. The summed E-state index contributed by atoms with van der Waals surface area (Å²) in [6.45, 7) is 6.98. The van der Waals surface area contributed by atoms with Crippen molar-refractivity contribution in [1.82, 2.24) is 15.6 Å². The Balaban J connectivity index is 0.00000145. The van der Waals surface area contributed by atoms with E-state index in [4.69, 9.17) is 9.53 Å². The summed E-state index contributed by atoms with van der Waals surface area (Å²) in [7, 11) is 0. The molecule has 1 aromatic rings. The number of pyridine rings is 1. The van der Waals surface area contributed by atoms with Crippen LogP contribution < -0.4 is 16.2 Å². The number of nitrogens with one attached hydrogen (secondary N) is 3. The standard InChI is InChI=1S/C21H27N3O3.CH2O/c1-2-16-12-22-14-27-19(16)9-10-23-21(26)11-15-3-5-17(6-4-15)18-7-8-20(25)24-13-18;1-2/h2,7-11,13,17,21-23,26H,1,3-6,12,14H2,(H,24,25);1H2/b10-9+,15-11?;. The third kappa shape index (κ3) is 6.89. The molecule has 156 valence electrons. The number of allylic oxidation sites excluding steroid dienone is 2. The van der Waals surface area contributed by atoms with Crippen molar-refractivity contribution in [3.8, 4) is 0 Å². The molecular weight excluding hydrogens is 370 g/mol. The highest BCUT2D eigenvalue weighted by molar-refractivity contribution is 5.30. The number of aliphatic hydroxyl groups is 1. The Labute approximate surface area is 170 Å². The molecule has 3 rings (SSSR count). The number of hydrogen-bond acceptors (Lipinski definition) is 6. The number of aromatic nitrogens is 1. The molecule has 0 bridgehead atoms. The lowest BCUT2D eigenvalue weighted by molar-refractivity contribution is -0.0979. The maximum Gasteiger partial charge on any atom is 0.247 e. The monoisotopic (exact) mass is 399 g/mol. The molecule has 29 heavy (non-hydrogen) atoms. The summed E-state index contributed by atoms with van der Waals surface area (Å²) < 4.78 is 5.53. The van der Waals surface area contributed by atoms with E-state index in [2.05, 4.69) is 22.2 Å². The normalized spacial score (nSPS) is 20.3. The van der Waals surface area contributed by atoms with Gasteiger partial charge in [0.2, 0.25) is 5.56 Å². The van der Waals surface area contributed by atoms with E-state index >= 15 is 0 Å². The molecule has 1 atom stereocenters. The lowest BCUT2D eigenvalue weighted by Gasteiger charge is -2.24. The Morgan fingerprint density at radius 2 is 2.03 bits per heavy atom. The maximum atomic E-state index is 11.2. The van der Waals surface area contributed by atoms with Crippen molar-refractivity contribution >= 4 is 6.79 Å². The van der Waals surface area contributed by atoms with Gasteiger partial charge in [-0.3, -0.25) is 10.1 Å². The van der Waals surface area contributed by atoms with Gasteiger partial charge in [0.25, 0.3) is 0 Å². The van der Waals surface area contributed by atoms with Gasteiger partial charge >= 0.3 is 0 Å². The Morgan fingerprint density at radius 3 is 2.69 bits per heavy atom. The quantitative estimate of drug-likeness (QED) is 0.432. The van der Waals surface area contributed by atoms with Gasteiger partial charge in [0.1, 0.15) is 25.5 Å². The third-order valence-corrected chi connectivity index (χ3v) is 5.01. The van der Waals surface area contributed by atoms with E-state index in [0.717, 1.165) is 43.6 Å². The molecule has 7 nitrogen and oxygen atoms in total. The number of carbonyl (C=O) groups is 1. The second-order valence-electron chi connectivity index (χ2n) is 6.84. The van der Waals surface area contributed by atoms with E-state index in [0.29, 0.717) is 12.6 Å². The molecule has 0 saturated heterocycles. The lowest BCUT2D eigenvalue weighted by atomic mass is 9.82. The first-order valence-electron chi connectivity index (χ1n) is 9.62. The summed E-state index contributed by atoms with van der Waals surface area (Å²) in [5, 5.41) is 16.3. The lowest BCUT2D eigenvalue weighted by Crippen LogP contribution is -2.26.